The van der Waals surface area contributed by atoms with Crippen molar-refractivity contribution in [2.75, 3.05) is 0 Å². The van der Waals surface area contributed by atoms with Crippen LogP contribution in [0.1, 0.15) is 18.2 Å². The predicted molar refractivity (Wildman–Crippen MR) is 114 cm³/mol. The molecule has 4 rings (SSSR count). The predicted octanol–water partition coefficient (Wildman–Crippen LogP) is 6.51. The van der Waals surface area contributed by atoms with Crippen molar-refractivity contribution in [3.05, 3.63) is 75.6 Å². The van der Waals surface area contributed by atoms with E-state index in [-0.39, 0.29) is 25.9 Å². The summed E-state index contributed by atoms with van der Waals surface area (Å²) in [6.07, 6.45) is -4.43. The van der Waals surface area contributed by atoms with Crippen LogP contribution in [0.15, 0.2) is 67.1 Å². The van der Waals surface area contributed by atoms with E-state index in [0.717, 1.165) is 36.2 Å². The molecule has 2 aromatic carbocycles. The van der Waals surface area contributed by atoms with Crippen LogP contribution in [0.3, 0.4) is 0 Å². The highest BCUT2D eigenvalue weighted by molar-refractivity contribution is 8.01. The fourth-order valence-electron chi connectivity index (χ4n) is 3.27. The topological polar surface area (TPSA) is 63.3 Å². The molecule has 1 N–H and O–H groups in total. The summed E-state index contributed by atoms with van der Waals surface area (Å²) in [4.78, 5) is 16.2. The number of aromatic nitrogens is 1. The lowest BCUT2D eigenvalue weighted by molar-refractivity contribution is -0.266. The molecule has 1 atom stereocenters. The van der Waals surface area contributed by atoms with Crippen LogP contribution < -0.4 is 5.63 Å². The molecule has 11 heteroatoms. The highest BCUT2D eigenvalue weighted by atomic mass is 32.2. The van der Waals surface area contributed by atoms with Crippen molar-refractivity contribution in [2.45, 2.75) is 34.4 Å². The van der Waals surface area contributed by atoms with Gasteiger partial charge < -0.3 is 9.52 Å². The summed E-state index contributed by atoms with van der Waals surface area (Å²) in [6.45, 7) is 1.23. The summed E-state index contributed by atoms with van der Waals surface area (Å²) in [7, 11) is 0. The molecule has 2 heterocycles. The smallest absolute Gasteiger partial charge is 0.422 e. The third-order valence-corrected chi connectivity index (χ3v) is 7.18. The van der Waals surface area contributed by atoms with Crippen LogP contribution in [0.2, 0.25) is 0 Å². The second kappa shape index (κ2) is 8.54. The molecule has 0 saturated heterocycles. The minimum Gasteiger partial charge on any atom is -0.423 e. The van der Waals surface area contributed by atoms with Crippen molar-refractivity contribution >= 4 is 34.1 Å². The number of thiazole rings is 1. The lowest BCUT2D eigenvalue weighted by Gasteiger charge is -2.27. The van der Waals surface area contributed by atoms with Gasteiger partial charge in [0.05, 0.1) is 4.88 Å². The van der Waals surface area contributed by atoms with Gasteiger partial charge in [0.2, 0.25) is 0 Å². The highest BCUT2D eigenvalue weighted by Gasteiger charge is 2.54. The van der Waals surface area contributed by atoms with Crippen molar-refractivity contribution in [1.82, 2.24) is 4.98 Å². The van der Waals surface area contributed by atoms with Crippen LogP contribution in [0, 0.1) is 11.6 Å². The number of halogens is 5. The molecule has 4 aromatic rings. The van der Waals surface area contributed by atoms with Gasteiger partial charge in [-0.25, -0.2) is 18.6 Å². The van der Waals surface area contributed by atoms with Gasteiger partial charge in [-0.1, -0.05) is 18.7 Å². The maximum atomic E-state index is 13.7. The second-order valence-electron chi connectivity index (χ2n) is 7.10. The molecule has 4 nitrogen and oxygen atoms in total. The molecule has 0 radical (unpaired) electrons. The zero-order chi connectivity index (χ0) is 24.0. The van der Waals surface area contributed by atoms with Gasteiger partial charge in [-0.3, -0.25) is 0 Å². The number of aliphatic hydroxyl groups is 1. The summed E-state index contributed by atoms with van der Waals surface area (Å²) < 4.78 is 72.7. The summed E-state index contributed by atoms with van der Waals surface area (Å²) in [6, 6.07) is 8.69. The quantitative estimate of drug-likeness (QED) is 0.251. The van der Waals surface area contributed by atoms with Gasteiger partial charge in [0.25, 0.3) is 0 Å². The lowest BCUT2D eigenvalue weighted by Crippen LogP contribution is -2.40. The molecule has 172 valence electrons. The Morgan fingerprint density at radius 3 is 2.42 bits per heavy atom. The Morgan fingerprint density at radius 1 is 1.09 bits per heavy atom. The number of hydrogen-bond acceptors (Lipinski definition) is 6. The monoisotopic (exact) mass is 499 g/mol. The SMILES string of the molecule is CCC(O)(c1cnc(Sc2ccc3c(-c4cc(F)cc(F)c4)cc(=O)oc3c2)s1)C(F)(F)F. The normalized spacial score (nSPS) is 13.9. The molecular weight excluding hydrogens is 485 g/mol. The van der Waals surface area contributed by atoms with Crippen LogP contribution in [-0.4, -0.2) is 16.3 Å². The number of hydrogen-bond donors (Lipinski definition) is 1. The molecule has 33 heavy (non-hydrogen) atoms. The van der Waals surface area contributed by atoms with Gasteiger partial charge in [0.1, 0.15) is 17.2 Å². The first-order valence-electron chi connectivity index (χ1n) is 9.48. The second-order valence-corrected chi connectivity index (χ2v) is 9.45. The van der Waals surface area contributed by atoms with Crippen molar-refractivity contribution in [3.63, 3.8) is 0 Å². The van der Waals surface area contributed by atoms with Crippen LogP contribution in [0.5, 0.6) is 0 Å². The Balaban J connectivity index is 1.70. The number of benzene rings is 2. The molecule has 2 aromatic heterocycles. The Labute approximate surface area is 191 Å². The Bertz CT molecular complexity index is 1380. The van der Waals surface area contributed by atoms with Gasteiger partial charge in [-0.05, 0) is 42.3 Å². The van der Waals surface area contributed by atoms with E-state index in [4.69, 9.17) is 4.42 Å². The van der Waals surface area contributed by atoms with Crippen LogP contribution >= 0.6 is 23.1 Å². The number of rotatable bonds is 5. The van der Waals surface area contributed by atoms with E-state index in [1.165, 1.54) is 13.0 Å². The minimum absolute atomic E-state index is 0.129. The molecule has 0 aliphatic carbocycles. The van der Waals surface area contributed by atoms with Crippen molar-refractivity contribution in [1.29, 1.82) is 0 Å². The molecule has 1 unspecified atom stereocenters. The summed E-state index contributed by atoms with van der Waals surface area (Å²) in [5, 5.41) is 10.5. The maximum Gasteiger partial charge on any atom is 0.422 e. The van der Waals surface area contributed by atoms with Crippen LogP contribution in [0.25, 0.3) is 22.1 Å². The van der Waals surface area contributed by atoms with Gasteiger partial charge >= 0.3 is 11.8 Å². The Morgan fingerprint density at radius 2 is 1.79 bits per heavy atom. The third-order valence-electron chi connectivity index (χ3n) is 4.97. The molecule has 0 aliphatic heterocycles. The Kier molecular flexibility index (Phi) is 6.06. The van der Waals surface area contributed by atoms with Gasteiger partial charge in [0, 0.05) is 34.2 Å². The van der Waals surface area contributed by atoms with E-state index in [1.54, 1.807) is 12.1 Å². The van der Waals surface area contributed by atoms with Gasteiger partial charge in [-0.15, -0.1) is 11.3 Å². The first kappa shape index (κ1) is 23.4. The molecule has 0 bridgehead atoms. The molecule has 0 amide bonds. The number of fused-ring (bicyclic) bond motifs is 1. The standard InChI is InChI=1S/C22H14F5NO3S2/c1-2-21(30,22(25,26)27)18-10-28-20(33-18)32-14-3-4-15-16(9-19(29)31-17(15)8-14)11-5-12(23)7-13(24)6-11/h3-10,30H,2H2,1H3. The first-order chi connectivity index (χ1) is 15.5. The zero-order valence-electron chi connectivity index (χ0n) is 16.7. The van der Waals surface area contributed by atoms with Crippen molar-refractivity contribution in [3.8, 4) is 11.1 Å². The fourth-order valence-corrected chi connectivity index (χ4v) is 5.43. The minimum atomic E-state index is -4.85. The highest BCUT2D eigenvalue weighted by Crippen LogP contribution is 2.45. The first-order valence-corrected chi connectivity index (χ1v) is 11.1. The van der Waals surface area contributed by atoms with Crippen molar-refractivity contribution in [2.24, 2.45) is 0 Å². The lowest BCUT2D eigenvalue weighted by atomic mass is 9.99. The fraction of sp³-hybridized carbons (Fsp3) is 0.182. The molecular formula is C22H14F5NO3S2. The summed E-state index contributed by atoms with van der Waals surface area (Å²) in [5.41, 5.74) is -3.18. The van der Waals surface area contributed by atoms with E-state index in [9.17, 15) is 31.9 Å². The van der Waals surface area contributed by atoms with Crippen LogP contribution in [-0.2, 0) is 5.60 Å². The largest absolute Gasteiger partial charge is 0.423 e. The average Bonchev–Trinajstić information content (AvgIpc) is 3.19. The number of nitrogens with zero attached hydrogens (tertiary/aromatic N) is 1. The Hall–Kier alpha value is -2.76. The molecule has 0 spiro atoms. The summed E-state index contributed by atoms with van der Waals surface area (Å²) >= 11 is 1.72. The van der Waals surface area contributed by atoms with Crippen LogP contribution in [0.4, 0.5) is 22.0 Å². The van der Waals surface area contributed by atoms with E-state index >= 15 is 0 Å². The van der Waals surface area contributed by atoms with Gasteiger partial charge in [-0.2, -0.15) is 13.2 Å². The van der Waals surface area contributed by atoms with E-state index < -0.39 is 35.5 Å². The van der Waals surface area contributed by atoms with E-state index in [0.29, 0.717) is 27.7 Å². The molecule has 0 saturated carbocycles. The van der Waals surface area contributed by atoms with Crippen molar-refractivity contribution < 1.29 is 31.5 Å². The third kappa shape index (κ3) is 4.53. The molecule has 0 aliphatic rings. The number of alkyl halides is 3. The van der Waals surface area contributed by atoms with E-state index in [1.807, 2.05) is 0 Å². The maximum absolute atomic E-state index is 13.7. The average molecular weight is 499 g/mol. The van der Waals surface area contributed by atoms with E-state index in [2.05, 4.69) is 4.98 Å². The molecule has 0 fully saturated rings. The van der Waals surface area contributed by atoms with Gasteiger partial charge in [0.15, 0.2) is 9.94 Å². The summed E-state index contributed by atoms with van der Waals surface area (Å²) in [5.74, 6) is -1.60. The zero-order valence-corrected chi connectivity index (χ0v) is 18.4.